The van der Waals surface area contributed by atoms with Gasteiger partial charge in [0.15, 0.2) is 5.96 Å². The largest absolute Gasteiger partial charge is 0.444 e. The average Bonchev–Trinajstić information content (AvgIpc) is 2.99. The van der Waals surface area contributed by atoms with Gasteiger partial charge in [-0.2, -0.15) is 0 Å². The highest BCUT2D eigenvalue weighted by Gasteiger charge is 2.19. The number of carbonyl (C=O) groups excluding carboxylic acids is 1. The number of halogens is 1. The molecule has 0 fully saturated rings. The molecule has 0 aliphatic heterocycles. The highest BCUT2D eigenvalue weighted by Crippen LogP contribution is 2.22. The van der Waals surface area contributed by atoms with Crippen molar-refractivity contribution in [2.45, 2.75) is 72.4 Å². The van der Waals surface area contributed by atoms with Gasteiger partial charge >= 0.3 is 6.09 Å². The average molecular weight is 509 g/mol. The van der Waals surface area contributed by atoms with E-state index in [1.807, 2.05) is 27.7 Å². The molecule has 0 saturated heterocycles. The molecule has 1 amide bonds. The topological polar surface area (TPSA) is 101 Å². The van der Waals surface area contributed by atoms with Crippen LogP contribution in [0.3, 0.4) is 0 Å². The van der Waals surface area contributed by atoms with Crippen LogP contribution in [0.5, 0.6) is 0 Å². The summed E-state index contributed by atoms with van der Waals surface area (Å²) in [6.45, 7) is 16.1. The lowest BCUT2D eigenvalue weighted by molar-refractivity contribution is 0.0527. The van der Waals surface area contributed by atoms with E-state index in [1.54, 1.807) is 6.20 Å². The molecule has 0 radical (unpaired) electrons. The number of nitrogens with zero attached hydrogens (tertiary/aromatic N) is 2. The van der Waals surface area contributed by atoms with Gasteiger partial charge in [-0.3, -0.25) is 0 Å². The number of alkyl carbamates (subject to hydrolysis) is 1. The lowest BCUT2D eigenvalue weighted by atomic mass is 9.94. The van der Waals surface area contributed by atoms with Crippen molar-refractivity contribution in [3.05, 3.63) is 17.8 Å². The summed E-state index contributed by atoms with van der Waals surface area (Å²) in [5.74, 6) is 2.12. The number of oxazole rings is 1. The van der Waals surface area contributed by atoms with Crippen LogP contribution in [0, 0.1) is 0 Å². The first-order chi connectivity index (χ1) is 12.5. The smallest absolute Gasteiger partial charge is 0.407 e. The molecule has 1 aromatic heterocycles. The van der Waals surface area contributed by atoms with Gasteiger partial charge in [0.25, 0.3) is 0 Å². The second-order valence-electron chi connectivity index (χ2n) is 8.27. The Kier molecular flexibility index (Phi) is 11.5. The lowest BCUT2D eigenvalue weighted by Crippen LogP contribution is -2.39. The molecule has 0 unspecified atom stereocenters. The minimum Gasteiger partial charge on any atom is -0.444 e. The van der Waals surface area contributed by atoms with Gasteiger partial charge in [-0.25, -0.2) is 14.8 Å². The first kappa shape index (κ1) is 26.5. The number of aliphatic imine (C=N–C) groups is 1. The number of hydrogen-bond acceptors (Lipinski definition) is 5. The van der Waals surface area contributed by atoms with E-state index >= 15 is 0 Å². The summed E-state index contributed by atoms with van der Waals surface area (Å²) in [5.41, 5.74) is -0.557. The van der Waals surface area contributed by atoms with Gasteiger partial charge in [-0.05, 0) is 34.1 Å². The summed E-state index contributed by atoms with van der Waals surface area (Å²) >= 11 is 0. The van der Waals surface area contributed by atoms with E-state index in [0.717, 1.165) is 18.7 Å². The Morgan fingerprint density at radius 1 is 1.14 bits per heavy atom. The van der Waals surface area contributed by atoms with Gasteiger partial charge in [0.1, 0.15) is 17.9 Å². The number of guanidine groups is 1. The SMILES string of the molecule is CCNC(=NCc1ncc(C(C)(C)C)o1)NCCCNC(=O)OC(C)(C)C.I. The van der Waals surface area contributed by atoms with Gasteiger partial charge < -0.3 is 25.1 Å². The summed E-state index contributed by atoms with van der Waals surface area (Å²) in [4.78, 5) is 20.4. The maximum absolute atomic E-state index is 11.6. The quantitative estimate of drug-likeness (QED) is 0.225. The Labute approximate surface area is 185 Å². The number of nitrogens with one attached hydrogen (secondary N) is 3. The first-order valence-corrected chi connectivity index (χ1v) is 9.45. The minimum atomic E-state index is -0.486. The van der Waals surface area contributed by atoms with Gasteiger partial charge in [-0.1, -0.05) is 20.8 Å². The summed E-state index contributed by atoms with van der Waals surface area (Å²) in [5, 5.41) is 9.14. The number of aromatic nitrogens is 1. The minimum absolute atomic E-state index is 0. The predicted octanol–water partition coefficient (Wildman–Crippen LogP) is 3.56. The molecule has 0 bridgehead atoms. The maximum Gasteiger partial charge on any atom is 0.407 e. The van der Waals surface area contributed by atoms with E-state index in [2.05, 4.69) is 46.7 Å². The fourth-order valence-corrected chi connectivity index (χ4v) is 2.02. The molecular weight excluding hydrogens is 473 g/mol. The zero-order valence-electron chi connectivity index (χ0n) is 18.1. The van der Waals surface area contributed by atoms with Crippen LogP contribution in [0.2, 0.25) is 0 Å². The van der Waals surface area contributed by atoms with Crippen molar-refractivity contribution in [1.29, 1.82) is 0 Å². The van der Waals surface area contributed by atoms with Crippen molar-refractivity contribution < 1.29 is 13.9 Å². The van der Waals surface area contributed by atoms with E-state index in [9.17, 15) is 4.79 Å². The molecule has 9 heteroatoms. The van der Waals surface area contributed by atoms with Crippen LogP contribution in [-0.4, -0.2) is 42.3 Å². The fraction of sp³-hybridized carbons (Fsp3) is 0.737. The normalized spacial score (nSPS) is 12.2. The zero-order chi connectivity index (χ0) is 20.5. The van der Waals surface area contributed by atoms with Crippen molar-refractivity contribution in [2.75, 3.05) is 19.6 Å². The fourth-order valence-electron chi connectivity index (χ4n) is 2.02. The third-order valence-electron chi connectivity index (χ3n) is 3.32. The molecule has 3 N–H and O–H groups in total. The third-order valence-corrected chi connectivity index (χ3v) is 3.32. The highest BCUT2D eigenvalue weighted by atomic mass is 127. The van der Waals surface area contributed by atoms with Crippen molar-refractivity contribution >= 4 is 36.0 Å². The van der Waals surface area contributed by atoms with E-state index in [-0.39, 0.29) is 29.4 Å². The highest BCUT2D eigenvalue weighted by molar-refractivity contribution is 14.0. The number of hydrogen-bond donors (Lipinski definition) is 3. The molecule has 162 valence electrons. The third kappa shape index (κ3) is 11.4. The van der Waals surface area contributed by atoms with Crippen LogP contribution in [0.25, 0.3) is 0 Å². The zero-order valence-corrected chi connectivity index (χ0v) is 20.5. The van der Waals surface area contributed by atoms with Crippen molar-refractivity contribution in [3.63, 3.8) is 0 Å². The molecule has 1 aromatic rings. The summed E-state index contributed by atoms with van der Waals surface area (Å²) in [6.07, 6.45) is 2.10. The Bertz CT molecular complexity index is 618. The van der Waals surface area contributed by atoms with Gasteiger partial charge in [0, 0.05) is 25.0 Å². The number of rotatable bonds is 7. The molecule has 1 rings (SSSR count). The molecule has 0 spiro atoms. The Morgan fingerprint density at radius 2 is 1.79 bits per heavy atom. The van der Waals surface area contributed by atoms with E-state index in [4.69, 9.17) is 9.15 Å². The molecule has 28 heavy (non-hydrogen) atoms. The standard InChI is InChI=1S/C19H35N5O3.HI/c1-8-20-16(21-10-9-11-22-17(25)27-19(5,6)7)24-13-15-23-12-14(26-15)18(2,3)4;/h12H,8-11,13H2,1-7H3,(H,22,25)(H2,20,21,24);1H. The van der Waals surface area contributed by atoms with E-state index in [0.29, 0.717) is 31.5 Å². The molecule has 0 aliphatic carbocycles. The number of carbonyl (C=O) groups is 1. The summed E-state index contributed by atoms with van der Waals surface area (Å²) < 4.78 is 10.9. The van der Waals surface area contributed by atoms with Crippen LogP contribution >= 0.6 is 24.0 Å². The van der Waals surface area contributed by atoms with Gasteiger partial charge in [0.05, 0.1) is 6.20 Å². The Balaban J connectivity index is 0.00000729. The van der Waals surface area contributed by atoms with Crippen LogP contribution in [0.15, 0.2) is 15.6 Å². The first-order valence-electron chi connectivity index (χ1n) is 9.45. The Morgan fingerprint density at radius 3 is 2.32 bits per heavy atom. The Hall–Kier alpha value is -1.52. The molecular formula is C19H36IN5O3. The molecule has 8 nitrogen and oxygen atoms in total. The second kappa shape index (κ2) is 12.1. The predicted molar refractivity (Wildman–Crippen MR) is 122 cm³/mol. The van der Waals surface area contributed by atoms with Crippen LogP contribution in [0.1, 0.15) is 66.5 Å². The molecule has 0 aromatic carbocycles. The van der Waals surface area contributed by atoms with Gasteiger partial charge in [-0.15, -0.1) is 24.0 Å². The lowest BCUT2D eigenvalue weighted by Gasteiger charge is -2.19. The molecule has 0 aliphatic rings. The molecule has 0 atom stereocenters. The summed E-state index contributed by atoms with van der Waals surface area (Å²) in [6, 6.07) is 0. The van der Waals surface area contributed by atoms with Crippen LogP contribution in [-0.2, 0) is 16.7 Å². The number of amides is 1. The second-order valence-corrected chi connectivity index (χ2v) is 8.27. The van der Waals surface area contributed by atoms with Crippen molar-refractivity contribution in [3.8, 4) is 0 Å². The maximum atomic E-state index is 11.6. The van der Waals surface area contributed by atoms with Crippen LogP contribution < -0.4 is 16.0 Å². The van der Waals surface area contributed by atoms with E-state index < -0.39 is 11.7 Å². The number of ether oxygens (including phenoxy) is 1. The molecule has 0 saturated carbocycles. The summed E-state index contributed by atoms with van der Waals surface area (Å²) in [7, 11) is 0. The molecule has 1 heterocycles. The van der Waals surface area contributed by atoms with E-state index in [1.165, 1.54) is 0 Å². The van der Waals surface area contributed by atoms with Crippen molar-refractivity contribution in [1.82, 2.24) is 20.9 Å². The van der Waals surface area contributed by atoms with Crippen LogP contribution in [0.4, 0.5) is 4.79 Å². The monoisotopic (exact) mass is 509 g/mol. The van der Waals surface area contributed by atoms with Gasteiger partial charge in [0.2, 0.25) is 5.89 Å². The van der Waals surface area contributed by atoms with Crippen molar-refractivity contribution in [2.24, 2.45) is 4.99 Å².